The minimum atomic E-state index is -0.807. The zero-order valence-corrected chi connectivity index (χ0v) is 17.1. The first-order chi connectivity index (χ1) is 14.9. The van der Waals surface area contributed by atoms with Gasteiger partial charge in [0.25, 0.3) is 5.91 Å². The third-order valence-electron chi connectivity index (χ3n) is 5.28. The molecule has 1 atom stereocenters. The van der Waals surface area contributed by atoms with Gasteiger partial charge >= 0.3 is 0 Å². The fraction of sp³-hybridized carbons (Fsp3) is 0.261. The number of nitriles is 1. The van der Waals surface area contributed by atoms with E-state index in [2.05, 4.69) is 11.5 Å². The number of carbonyl (C=O) groups excluding carboxylic acids is 1. The van der Waals surface area contributed by atoms with Crippen LogP contribution in [0.5, 0.6) is 0 Å². The molecule has 0 spiro atoms. The molecule has 8 heteroatoms. The summed E-state index contributed by atoms with van der Waals surface area (Å²) in [5.41, 5.74) is 13.4. The number of benzene rings is 2. The first kappa shape index (κ1) is 21.8. The highest BCUT2D eigenvalue weighted by Gasteiger charge is 2.23. The maximum absolute atomic E-state index is 13.9. The van der Waals surface area contributed by atoms with Gasteiger partial charge in [-0.3, -0.25) is 10.2 Å². The van der Waals surface area contributed by atoms with Crippen molar-refractivity contribution in [3.63, 3.8) is 0 Å². The molecule has 3 rings (SSSR count). The lowest BCUT2D eigenvalue weighted by atomic mass is 9.98. The average Bonchev–Trinajstić information content (AvgIpc) is 2.75. The van der Waals surface area contributed by atoms with Crippen molar-refractivity contribution in [3.05, 3.63) is 82.4 Å². The van der Waals surface area contributed by atoms with Crippen LogP contribution in [0.2, 0.25) is 0 Å². The van der Waals surface area contributed by atoms with Gasteiger partial charge in [0.15, 0.2) is 6.19 Å². The van der Waals surface area contributed by atoms with E-state index < -0.39 is 5.91 Å². The molecule has 1 saturated heterocycles. The van der Waals surface area contributed by atoms with Gasteiger partial charge < -0.3 is 21.7 Å². The third-order valence-corrected chi connectivity index (χ3v) is 5.28. The predicted molar refractivity (Wildman–Crippen MR) is 116 cm³/mol. The molecule has 0 bridgehead atoms. The standard InChI is InChI=1S/C23H25FN6O/c24-19-6-2-1-4-17(19)12-15-7-9-16(10-8-15)21(26)20(23(28)31)22(27)29-18-5-3-11-30(13-18)14-25/h1-2,4,6-10,18,26,29H,3,5,11-13,27H2,(H2,28,31)/b22-20+,26-21?. The van der Waals surface area contributed by atoms with Crippen molar-refractivity contribution in [1.29, 1.82) is 10.7 Å². The van der Waals surface area contributed by atoms with Gasteiger partial charge in [-0.1, -0.05) is 42.5 Å². The lowest BCUT2D eigenvalue weighted by Gasteiger charge is -2.30. The van der Waals surface area contributed by atoms with Crippen molar-refractivity contribution >= 4 is 11.6 Å². The normalized spacial score (nSPS) is 16.8. The summed E-state index contributed by atoms with van der Waals surface area (Å²) in [7, 11) is 0. The zero-order chi connectivity index (χ0) is 22.4. The topological polar surface area (TPSA) is 132 Å². The molecule has 1 fully saturated rings. The van der Waals surface area contributed by atoms with Crippen molar-refractivity contribution in [2.24, 2.45) is 11.5 Å². The Balaban J connectivity index is 1.76. The molecule has 6 N–H and O–H groups in total. The smallest absolute Gasteiger partial charge is 0.254 e. The van der Waals surface area contributed by atoms with Crippen LogP contribution in [0, 0.1) is 22.7 Å². The molecule has 1 amide bonds. The Kier molecular flexibility index (Phi) is 6.88. The first-order valence-corrected chi connectivity index (χ1v) is 10.0. The van der Waals surface area contributed by atoms with E-state index in [1.54, 1.807) is 47.4 Å². The highest BCUT2D eigenvalue weighted by atomic mass is 19.1. The monoisotopic (exact) mass is 420 g/mol. The van der Waals surface area contributed by atoms with Crippen molar-refractivity contribution in [2.45, 2.75) is 25.3 Å². The van der Waals surface area contributed by atoms with E-state index in [0.29, 0.717) is 30.6 Å². The number of halogens is 1. The number of nitrogens with two attached hydrogens (primary N) is 2. The molecule has 1 aliphatic heterocycles. The molecule has 7 nitrogen and oxygen atoms in total. The van der Waals surface area contributed by atoms with Crippen LogP contribution in [0.1, 0.15) is 29.5 Å². The van der Waals surface area contributed by atoms with Crippen molar-refractivity contribution < 1.29 is 9.18 Å². The molecular weight excluding hydrogens is 395 g/mol. The maximum Gasteiger partial charge on any atom is 0.254 e. The largest absolute Gasteiger partial charge is 0.385 e. The molecule has 0 aromatic heterocycles. The summed E-state index contributed by atoms with van der Waals surface area (Å²) in [4.78, 5) is 13.7. The van der Waals surface area contributed by atoms with Crippen LogP contribution in [0.3, 0.4) is 0 Å². The lowest BCUT2D eigenvalue weighted by Crippen LogP contribution is -2.46. The number of nitrogens with zero attached hydrogens (tertiary/aromatic N) is 2. The summed E-state index contributed by atoms with van der Waals surface area (Å²) >= 11 is 0. The van der Waals surface area contributed by atoms with Gasteiger partial charge in [-0.15, -0.1) is 0 Å². The molecule has 0 saturated carbocycles. The number of carbonyl (C=O) groups is 1. The molecule has 2 aromatic carbocycles. The van der Waals surface area contributed by atoms with Gasteiger partial charge in [-0.05, 0) is 30.0 Å². The summed E-state index contributed by atoms with van der Waals surface area (Å²) in [6.07, 6.45) is 4.15. The van der Waals surface area contributed by atoms with Crippen LogP contribution < -0.4 is 16.8 Å². The summed E-state index contributed by atoms with van der Waals surface area (Å²) in [5, 5.41) is 20.6. The summed E-state index contributed by atoms with van der Waals surface area (Å²) in [6, 6.07) is 13.4. The zero-order valence-electron chi connectivity index (χ0n) is 17.1. The number of rotatable bonds is 7. The van der Waals surface area contributed by atoms with Crippen molar-refractivity contribution in [1.82, 2.24) is 10.2 Å². The summed E-state index contributed by atoms with van der Waals surface area (Å²) < 4.78 is 13.9. The second kappa shape index (κ2) is 9.76. The van der Waals surface area contributed by atoms with E-state index in [1.165, 1.54) is 6.07 Å². The fourth-order valence-electron chi connectivity index (χ4n) is 3.66. The SMILES string of the molecule is N#CN1CCCC(N/C(N)=C(\C(=N)c2ccc(Cc3ccccc3F)cc2)C(N)=O)C1. The Morgan fingerprint density at radius 2 is 1.94 bits per heavy atom. The lowest BCUT2D eigenvalue weighted by molar-refractivity contribution is -0.114. The van der Waals surface area contributed by atoms with Crippen molar-refractivity contribution in [3.8, 4) is 6.19 Å². The van der Waals surface area contributed by atoms with Gasteiger partial charge in [0.05, 0.1) is 5.71 Å². The van der Waals surface area contributed by atoms with E-state index in [9.17, 15) is 9.18 Å². The minimum Gasteiger partial charge on any atom is -0.385 e. The fourth-order valence-corrected chi connectivity index (χ4v) is 3.66. The van der Waals surface area contributed by atoms with Crippen LogP contribution in [0.25, 0.3) is 0 Å². The minimum absolute atomic E-state index is 0.0257. The number of nitrogens with one attached hydrogen (secondary N) is 2. The van der Waals surface area contributed by atoms with E-state index in [4.69, 9.17) is 22.1 Å². The molecule has 160 valence electrons. The summed E-state index contributed by atoms with van der Waals surface area (Å²) in [6.45, 7) is 1.16. The third kappa shape index (κ3) is 5.39. The Labute approximate surface area is 180 Å². The molecule has 0 radical (unpaired) electrons. The average molecular weight is 420 g/mol. The number of piperidine rings is 1. The van der Waals surface area contributed by atoms with Gasteiger partial charge in [-0.2, -0.15) is 5.26 Å². The highest BCUT2D eigenvalue weighted by molar-refractivity contribution is 6.26. The molecule has 31 heavy (non-hydrogen) atoms. The number of primary amides is 1. The van der Waals surface area contributed by atoms with Crippen molar-refractivity contribution in [2.75, 3.05) is 13.1 Å². The van der Waals surface area contributed by atoms with E-state index >= 15 is 0 Å². The second-order valence-corrected chi connectivity index (χ2v) is 7.52. The molecule has 1 aliphatic rings. The highest BCUT2D eigenvalue weighted by Crippen LogP contribution is 2.17. The Hall–Kier alpha value is -3.86. The molecule has 1 unspecified atom stereocenters. The Morgan fingerprint density at radius 3 is 2.58 bits per heavy atom. The molecular formula is C23H25FN6O. The molecule has 2 aromatic rings. The van der Waals surface area contributed by atoms with Crippen LogP contribution >= 0.6 is 0 Å². The van der Waals surface area contributed by atoms with E-state index in [0.717, 1.165) is 18.4 Å². The maximum atomic E-state index is 13.9. The Bertz CT molecular complexity index is 1040. The molecule has 0 aliphatic carbocycles. The number of hydrogen-bond acceptors (Lipinski definition) is 6. The van der Waals surface area contributed by atoms with E-state index in [1.807, 2.05) is 0 Å². The van der Waals surface area contributed by atoms with Gasteiger partial charge in [0.2, 0.25) is 0 Å². The van der Waals surface area contributed by atoms with Gasteiger partial charge in [-0.25, -0.2) is 4.39 Å². The second-order valence-electron chi connectivity index (χ2n) is 7.52. The number of amides is 1. The number of hydrogen-bond donors (Lipinski definition) is 4. The Morgan fingerprint density at radius 1 is 1.23 bits per heavy atom. The van der Waals surface area contributed by atoms with Crippen LogP contribution in [0.15, 0.2) is 59.9 Å². The molecule has 1 heterocycles. The van der Waals surface area contributed by atoms with Gasteiger partial charge in [0.1, 0.15) is 17.2 Å². The predicted octanol–water partition coefficient (Wildman–Crippen LogP) is 1.98. The van der Waals surface area contributed by atoms with Gasteiger partial charge in [0, 0.05) is 31.1 Å². The van der Waals surface area contributed by atoms with Crippen LogP contribution in [0.4, 0.5) is 4.39 Å². The number of likely N-dealkylation sites (tertiary alicyclic amines) is 1. The quantitative estimate of drug-likeness (QED) is 0.309. The van der Waals surface area contributed by atoms with Crippen LogP contribution in [-0.4, -0.2) is 35.7 Å². The van der Waals surface area contributed by atoms with E-state index in [-0.39, 0.29) is 29.0 Å². The summed E-state index contributed by atoms with van der Waals surface area (Å²) in [5.74, 6) is -1.05. The first-order valence-electron chi connectivity index (χ1n) is 10.0. The van der Waals surface area contributed by atoms with Crippen LogP contribution in [-0.2, 0) is 11.2 Å².